The maximum absolute atomic E-state index is 14.4. The Labute approximate surface area is 270 Å². The Kier molecular flexibility index (Phi) is 10.1. The Morgan fingerprint density at radius 1 is 0.870 bits per heavy atom. The number of aromatic nitrogens is 2. The second-order valence-corrected chi connectivity index (χ2v) is 9.74. The van der Waals surface area contributed by atoms with Crippen LogP contribution in [0.4, 0.5) is 5.69 Å². The van der Waals surface area contributed by atoms with Crippen molar-refractivity contribution in [2.45, 2.75) is 6.61 Å². The lowest BCUT2D eigenvalue weighted by atomic mass is 9.94. The first-order valence-corrected chi connectivity index (χ1v) is 13.6. The molecule has 0 amide bonds. The van der Waals surface area contributed by atoms with Gasteiger partial charge >= 0.3 is 5.97 Å². The van der Waals surface area contributed by atoms with Crippen LogP contribution in [0.25, 0.3) is 27.6 Å². The highest BCUT2D eigenvalue weighted by molar-refractivity contribution is 6.10. The fourth-order valence-corrected chi connectivity index (χ4v) is 5.15. The van der Waals surface area contributed by atoms with Gasteiger partial charge in [-0.15, -0.1) is 12.4 Å². The van der Waals surface area contributed by atoms with Gasteiger partial charge in [-0.3, -0.25) is 9.36 Å². The summed E-state index contributed by atoms with van der Waals surface area (Å²) in [5, 5.41) is 12.4. The first-order chi connectivity index (χ1) is 21.8. The number of nitrogens with zero attached hydrogens (tertiary/aromatic N) is 2. The number of nitrogens with two attached hydrogens (primary N) is 1. The van der Waals surface area contributed by atoms with Crippen molar-refractivity contribution < 1.29 is 37.9 Å². The number of rotatable bonds is 10. The zero-order chi connectivity index (χ0) is 32.2. The van der Waals surface area contributed by atoms with Gasteiger partial charge in [0, 0.05) is 28.4 Å². The quantitative estimate of drug-likeness (QED) is 0.0977. The van der Waals surface area contributed by atoms with Gasteiger partial charge in [-0.2, -0.15) is 4.73 Å². The number of fused-ring (bicyclic) bond motifs is 1. The lowest BCUT2D eigenvalue weighted by Gasteiger charge is -2.22. The SMILES string of the molecule is COC(=O)c1c(-c2cc(OC)c(OC)c(OC)c2)c2c(OCc3ccc[n+]([O-])c3)c(OC)ccc2c(=O)n1-c1ccc(N)cc1.Cl. The van der Waals surface area contributed by atoms with Crippen LogP contribution in [0.2, 0.25) is 0 Å². The van der Waals surface area contributed by atoms with Gasteiger partial charge in [0.05, 0.1) is 46.5 Å². The minimum atomic E-state index is -0.807. The number of halogens is 1. The van der Waals surface area contributed by atoms with E-state index in [1.54, 1.807) is 60.7 Å². The fourth-order valence-electron chi connectivity index (χ4n) is 5.15. The van der Waals surface area contributed by atoms with Crippen LogP contribution >= 0.6 is 12.4 Å². The summed E-state index contributed by atoms with van der Waals surface area (Å²) in [6.07, 6.45) is 2.72. The number of pyridine rings is 2. The Morgan fingerprint density at radius 2 is 1.52 bits per heavy atom. The van der Waals surface area contributed by atoms with E-state index < -0.39 is 11.5 Å². The summed E-state index contributed by atoms with van der Waals surface area (Å²) in [7, 11) is 7.09. The molecule has 2 N–H and O–H groups in total. The first kappa shape index (κ1) is 33.3. The van der Waals surface area contributed by atoms with Gasteiger partial charge in [0.25, 0.3) is 5.56 Å². The molecule has 46 heavy (non-hydrogen) atoms. The normalized spacial score (nSPS) is 10.5. The van der Waals surface area contributed by atoms with Crippen molar-refractivity contribution in [3.05, 3.63) is 99.9 Å². The smallest absolute Gasteiger partial charge is 0.355 e. The summed E-state index contributed by atoms with van der Waals surface area (Å²) in [4.78, 5) is 28.1. The predicted molar refractivity (Wildman–Crippen MR) is 174 cm³/mol. The number of anilines is 1. The molecule has 0 bridgehead atoms. The van der Waals surface area contributed by atoms with E-state index in [1.165, 1.54) is 52.5 Å². The molecule has 0 spiro atoms. The summed E-state index contributed by atoms with van der Waals surface area (Å²) in [6.45, 7) is -0.0537. The van der Waals surface area contributed by atoms with Crippen LogP contribution in [-0.2, 0) is 11.3 Å². The molecule has 0 aliphatic heterocycles. The second-order valence-electron chi connectivity index (χ2n) is 9.74. The van der Waals surface area contributed by atoms with Crippen LogP contribution in [0.5, 0.6) is 28.7 Å². The van der Waals surface area contributed by atoms with Gasteiger partial charge in [-0.25, -0.2) is 4.79 Å². The number of esters is 1. The number of hydrogen-bond acceptors (Lipinski definition) is 10. The van der Waals surface area contributed by atoms with Crippen LogP contribution in [0, 0.1) is 5.21 Å². The van der Waals surface area contributed by atoms with E-state index in [0.29, 0.717) is 44.5 Å². The van der Waals surface area contributed by atoms with E-state index >= 15 is 0 Å². The molecule has 0 aliphatic rings. The third-order valence-corrected chi connectivity index (χ3v) is 7.19. The van der Waals surface area contributed by atoms with Crippen LogP contribution in [0.15, 0.2) is 77.9 Å². The molecule has 13 heteroatoms. The monoisotopic (exact) mass is 649 g/mol. The van der Waals surface area contributed by atoms with Gasteiger partial charge in [0.15, 0.2) is 35.4 Å². The summed E-state index contributed by atoms with van der Waals surface area (Å²) in [5.41, 5.74) is 7.37. The second kappa shape index (κ2) is 14.0. The molecule has 5 aromatic rings. The van der Waals surface area contributed by atoms with Crippen molar-refractivity contribution >= 4 is 34.8 Å². The van der Waals surface area contributed by atoms with Crippen molar-refractivity contribution in [3.63, 3.8) is 0 Å². The Bertz CT molecular complexity index is 1940. The zero-order valence-electron chi connectivity index (χ0n) is 25.7. The van der Waals surface area contributed by atoms with E-state index in [1.807, 2.05) is 0 Å². The van der Waals surface area contributed by atoms with Gasteiger partial charge in [0.1, 0.15) is 12.3 Å². The lowest BCUT2D eigenvalue weighted by Crippen LogP contribution is -2.27. The van der Waals surface area contributed by atoms with Crippen LogP contribution < -0.4 is 39.7 Å². The van der Waals surface area contributed by atoms with Crippen molar-refractivity contribution in [1.82, 2.24) is 4.57 Å². The summed E-state index contributed by atoms with van der Waals surface area (Å²) in [6, 6.07) is 16.3. The van der Waals surface area contributed by atoms with Crippen LogP contribution in [0.1, 0.15) is 16.1 Å². The number of hydrogen-bond donors (Lipinski definition) is 1. The molecular formula is C33H32ClN3O9. The van der Waals surface area contributed by atoms with E-state index in [4.69, 9.17) is 34.2 Å². The van der Waals surface area contributed by atoms with E-state index in [2.05, 4.69) is 0 Å². The molecule has 0 saturated heterocycles. The molecule has 2 heterocycles. The average Bonchev–Trinajstić information content (AvgIpc) is 3.06. The standard InChI is InChI=1S/C33H31N3O9.ClH/c1-40-24-13-12-23-28(31(24)45-18-19-7-6-14-35(39)17-19)27(20-15-25(41-2)30(43-4)26(16-20)42-3)29(33(38)44-5)36(32(23)37)22-10-8-21(34)9-11-22;/h6-17H,18,34H2,1-5H3;1H. The third kappa shape index (κ3) is 6.02. The van der Waals surface area contributed by atoms with Gasteiger partial charge in [0.2, 0.25) is 5.75 Å². The maximum atomic E-state index is 14.4. The molecular weight excluding hydrogens is 618 g/mol. The Hall–Kier alpha value is -5.62. The van der Waals surface area contributed by atoms with Crippen molar-refractivity contribution in [2.75, 3.05) is 41.3 Å². The number of methoxy groups -OCH3 is 5. The maximum Gasteiger partial charge on any atom is 0.355 e. The fraction of sp³-hybridized carbons (Fsp3) is 0.182. The molecule has 5 rings (SSSR count). The average molecular weight is 650 g/mol. The van der Waals surface area contributed by atoms with Gasteiger partial charge in [-0.05, 0) is 60.2 Å². The molecule has 12 nitrogen and oxygen atoms in total. The van der Waals surface area contributed by atoms with E-state index in [0.717, 1.165) is 0 Å². The molecule has 0 aliphatic carbocycles. The minimum absolute atomic E-state index is 0. The van der Waals surface area contributed by atoms with Gasteiger partial charge in [-0.1, -0.05) is 0 Å². The largest absolute Gasteiger partial charge is 0.619 e. The van der Waals surface area contributed by atoms with E-state index in [9.17, 15) is 14.8 Å². The highest BCUT2D eigenvalue weighted by atomic mass is 35.5. The minimum Gasteiger partial charge on any atom is -0.619 e. The number of nitrogen functional groups attached to an aromatic ring is 1. The lowest BCUT2D eigenvalue weighted by molar-refractivity contribution is -0.606. The van der Waals surface area contributed by atoms with Crippen molar-refractivity contribution in [3.8, 4) is 45.6 Å². The first-order valence-electron chi connectivity index (χ1n) is 13.6. The topological polar surface area (TPSA) is 147 Å². The number of carbonyl (C=O) groups is 1. The Balaban J connectivity index is 0.00000480. The third-order valence-electron chi connectivity index (χ3n) is 7.19. The number of carbonyl (C=O) groups excluding carboxylic acids is 1. The zero-order valence-corrected chi connectivity index (χ0v) is 26.5. The molecule has 3 aromatic carbocycles. The van der Waals surface area contributed by atoms with E-state index in [-0.39, 0.29) is 52.5 Å². The number of ether oxygens (including phenoxy) is 6. The highest BCUT2D eigenvalue weighted by Crippen LogP contribution is 2.47. The van der Waals surface area contributed by atoms with Crippen LogP contribution in [0.3, 0.4) is 0 Å². The number of benzene rings is 3. The summed E-state index contributed by atoms with van der Waals surface area (Å²) >= 11 is 0. The molecule has 0 radical (unpaired) electrons. The molecule has 240 valence electrons. The van der Waals surface area contributed by atoms with Crippen LogP contribution in [-0.4, -0.2) is 46.1 Å². The summed E-state index contributed by atoms with van der Waals surface area (Å²) in [5.74, 6) is 0.558. The van der Waals surface area contributed by atoms with Crippen molar-refractivity contribution in [2.24, 2.45) is 0 Å². The summed E-state index contributed by atoms with van der Waals surface area (Å²) < 4.78 is 36.0. The molecule has 0 saturated carbocycles. The molecule has 0 fully saturated rings. The highest BCUT2D eigenvalue weighted by Gasteiger charge is 2.30. The molecule has 2 aromatic heterocycles. The predicted octanol–water partition coefficient (Wildman–Crippen LogP) is 4.70. The molecule has 0 unspecified atom stereocenters. The molecule has 0 atom stereocenters. The van der Waals surface area contributed by atoms with Gasteiger partial charge < -0.3 is 39.4 Å². The Morgan fingerprint density at radius 3 is 2.09 bits per heavy atom. The van der Waals surface area contributed by atoms with Crippen molar-refractivity contribution in [1.29, 1.82) is 0 Å².